The molecule has 3 heterocycles. The minimum atomic E-state index is -0.592. The fourth-order valence-electron chi connectivity index (χ4n) is 3.10. The van der Waals surface area contributed by atoms with Gasteiger partial charge in [0, 0.05) is 23.7 Å². The number of ether oxygens (including phenoxy) is 2. The zero-order chi connectivity index (χ0) is 20.4. The Labute approximate surface area is 168 Å². The van der Waals surface area contributed by atoms with Crippen LogP contribution in [-0.2, 0) is 9.47 Å². The second-order valence-electron chi connectivity index (χ2n) is 7.77. The topological polar surface area (TPSA) is 85.0 Å². The molecule has 1 aromatic carbocycles. The lowest BCUT2D eigenvalue weighted by molar-refractivity contribution is -0.229. The Morgan fingerprint density at radius 2 is 1.86 bits per heavy atom. The first-order chi connectivity index (χ1) is 13.9. The smallest absolute Gasteiger partial charge is 0.223 e. The van der Waals surface area contributed by atoms with E-state index in [0.717, 1.165) is 5.56 Å². The highest BCUT2D eigenvalue weighted by Crippen LogP contribution is 2.35. The maximum atomic E-state index is 13.4. The standard InChI is InChI=1S/C21H24FN5O2/c1-4-23-20-24-10-9-15(25-20)17-16(13-5-7-14(22)8-6-13)26-18(27-17)19-28-11-21(2,3)12-29-19/h5-10,19H,4,11-12H2,1-3H3,(H,26,27)(H,23,24,25). The predicted molar refractivity (Wildman–Crippen MR) is 108 cm³/mol. The van der Waals surface area contributed by atoms with Crippen molar-refractivity contribution < 1.29 is 13.9 Å². The number of rotatable bonds is 5. The molecule has 2 N–H and O–H groups in total. The maximum absolute atomic E-state index is 13.4. The van der Waals surface area contributed by atoms with Gasteiger partial charge in [-0.3, -0.25) is 0 Å². The summed E-state index contributed by atoms with van der Waals surface area (Å²) in [4.78, 5) is 16.8. The fourth-order valence-corrected chi connectivity index (χ4v) is 3.10. The van der Waals surface area contributed by atoms with Gasteiger partial charge in [0.1, 0.15) is 5.82 Å². The molecule has 0 aliphatic carbocycles. The Balaban J connectivity index is 1.75. The van der Waals surface area contributed by atoms with Crippen LogP contribution < -0.4 is 5.32 Å². The molecule has 0 unspecified atom stereocenters. The second kappa shape index (κ2) is 7.88. The zero-order valence-corrected chi connectivity index (χ0v) is 16.7. The molecule has 1 saturated heterocycles. The van der Waals surface area contributed by atoms with E-state index in [9.17, 15) is 4.39 Å². The van der Waals surface area contributed by atoms with Gasteiger partial charge in [-0.25, -0.2) is 19.3 Å². The summed E-state index contributed by atoms with van der Waals surface area (Å²) in [5.41, 5.74) is 2.75. The van der Waals surface area contributed by atoms with Gasteiger partial charge in [0.25, 0.3) is 0 Å². The highest BCUT2D eigenvalue weighted by atomic mass is 19.1. The summed E-state index contributed by atoms with van der Waals surface area (Å²) in [6, 6.07) is 8.01. The summed E-state index contributed by atoms with van der Waals surface area (Å²) in [5, 5.41) is 3.11. The lowest BCUT2D eigenvalue weighted by Crippen LogP contribution is -2.34. The van der Waals surface area contributed by atoms with Crippen LogP contribution in [0, 0.1) is 11.2 Å². The number of anilines is 1. The molecule has 8 heteroatoms. The van der Waals surface area contributed by atoms with Crippen LogP contribution in [0.3, 0.4) is 0 Å². The van der Waals surface area contributed by atoms with Crippen LogP contribution in [0.4, 0.5) is 10.3 Å². The summed E-state index contributed by atoms with van der Waals surface area (Å²) in [5.74, 6) is 0.778. The quantitative estimate of drug-likeness (QED) is 0.672. The summed E-state index contributed by atoms with van der Waals surface area (Å²) in [6.07, 6.45) is 1.09. The van der Waals surface area contributed by atoms with Crippen LogP contribution in [0.15, 0.2) is 36.5 Å². The number of H-pyrrole nitrogens is 1. The molecule has 1 fully saturated rings. The molecule has 0 radical (unpaired) electrons. The molecule has 152 valence electrons. The van der Waals surface area contributed by atoms with E-state index in [2.05, 4.69) is 34.1 Å². The van der Waals surface area contributed by atoms with E-state index >= 15 is 0 Å². The molecular formula is C21H24FN5O2. The van der Waals surface area contributed by atoms with Gasteiger partial charge in [0.05, 0.1) is 30.3 Å². The van der Waals surface area contributed by atoms with Crippen molar-refractivity contribution in [2.45, 2.75) is 27.1 Å². The number of hydrogen-bond donors (Lipinski definition) is 2. The summed E-state index contributed by atoms with van der Waals surface area (Å²) < 4.78 is 25.2. The van der Waals surface area contributed by atoms with Gasteiger partial charge in [0.2, 0.25) is 12.2 Å². The Morgan fingerprint density at radius 3 is 2.55 bits per heavy atom. The maximum Gasteiger partial charge on any atom is 0.223 e. The normalized spacial score (nSPS) is 16.7. The molecule has 0 saturated carbocycles. The van der Waals surface area contributed by atoms with Crippen molar-refractivity contribution in [3.63, 3.8) is 0 Å². The van der Waals surface area contributed by atoms with Crippen LogP contribution in [0.25, 0.3) is 22.6 Å². The summed E-state index contributed by atoms with van der Waals surface area (Å²) in [6.45, 7) is 8.00. The van der Waals surface area contributed by atoms with Crippen LogP contribution >= 0.6 is 0 Å². The first-order valence-corrected chi connectivity index (χ1v) is 9.61. The number of aromatic nitrogens is 4. The minimum Gasteiger partial charge on any atom is -0.354 e. The third-order valence-corrected chi connectivity index (χ3v) is 4.56. The zero-order valence-electron chi connectivity index (χ0n) is 16.7. The second-order valence-corrected chi connectivity index (χ2v) is 7.77. The third kappa shape index (κ3) is 4.28. The lowest BCUT2D eigenvalue weighted by atomic mass is 9.96. The minimum absolute atomic E-state index is 0.0426. The van der Waals surface area contributed by atoms with Crippen molar-refractivity contribution in [3.8, 4) is 22.6 Å². The molecule has 0 spiro atoms. The number of benzene rings is 1. The van der Waals surface area contributed by atoms with E-state index < -0.39 is 6.29 Å². The Hall–Kier alpha value is -2.84. The van der Waals surface area contributed by atoms with Crippen LogP contribution in [0.2, 0.25) is 0 Å². The van der Waals surface area contributed by atoms with Crippen LogP contribution in [0.5, 0.6) is 0 Å². The number of nitrogens with one attached hydrogen (secondary N) is 2. The van der Waals surface area contributed by atoms with Crippen molar-refractivity contribution in [3.05, 3.63) is 48.2 Å². The van der Waals surface area contributed by atoms with Gasteiger partial charge in [-0.1, -0.05) is 13.8 Å². The number of aromatic amines is 1. The average Bonchev–Trinajstić information content (AvgIpc) is 3.14. The number of nitrogens with zero attached hydrogens (tertiary/aromatic N) is 3. The Kier molecular flexibility index (Phi) is 5.29. The average molecular weight is 397 g/mol. The van der Waals surface area contributed by atoms with Crippen molar-refractivity contribution in [2.24, 2.45) is 5.41 Å². The number of halogens is 1. The van der Waals surface area contributed by atoms with E-state index in [4.69, 9.17) is 14.5 Å². The van der Waals surface area contributed by atoms with E-state index in [1.807, 2.05) is 6.92 Å². The predicted octanol–water partition coefficient (Wildman–Crippen LogP) is 4.18. The van der Waals surface area contributed by atoms with Crippen molar-refractivity contribution in [1.82, 2.24) is 19.9 Å². The van der Waals surface area contributed by atoms with Crippen molar-refractivity contribution >= 4 is 5.95 Å². The molecular weight excluding hydrogens is 373 g/mol. The third-order valence-electron chi connectivity index (χ3n) is 4.56. The molecule has 0 bridgehead atoms. The Morgan fingerprint density at radius 1 is 1.14 bits per heavy atom. The summed E-state index contributed by atoms with van der Waals surface area (Å²) in [7, 11) is 0. The monoisotopic (exact) mass is 397 g/mol. The van der Waals surface area contributed by atoms with Gasteiger partial charge in [-0.05, 0) is 37.3 Å². The summed E-state index contributed by atoms with van der Waals surface area (Å²) >= 11 is 0. The van der Waals surface area contributed by atoms with Crippen LogP contribution in [-0.4, -0.2) is 39.7 Å². The highest BCUT2D eigenvalue weighted by molar-refractivity contribution is 5.77. The largest absolute Gasteiger partial charge is 0.354 e. The van der Waals surface area contributed by atoms with Gasteiger partial charge >= 0.3 is 0 Å². The van der Waals surface area contributed by atoms with Gasteiger partial charge in [-0.15, -0.1) is 0 Å². The van der Waals surface area contributed by atoms with Gasteiger partial charge in [0.15, 0.2) is 5.82 Å². The molecule has 1 aliphatic heterocycles. The highest BCUT2D eigenvalue weighted by Gasteiger charge is 2.32. The fraction of sp³-hybridized carbons (Fsp3) is 0.381. The lowest BCUT2D eigenvalue weighted by Gasteiger charge is -2.33. The molecule has 3 aromatic rings. The van der Waals surface area contributed by atoms with Crippen LogP contribution in [0.1, 0.15) is 32.9 Å². The first-order valence-electron chi connectivity index (χ1n) is 9.61. The molecule has 4 rings (SSSR count). The number of imidazole rings is 1. The SMILES string of the molecule is CCNc1nccc(-c2[nH]c(C3OCC(C)(C)CO3)nc2-c2ccc(F)cc2)n1. The van der Waals surface area contributed by atoms with E-state index in [1.165, 1.54) is 12.1 Å². The van der Waals surface area contributed by atoms with Crippen molar-refractivity contribution in [1.29, 1.82) is 0 Å². The molecule has 7 nitrogen and oxygen atoms in total. The number of hydrogen-bond acceptors (Lipinski definition) is 6. The van der Waals surface area contributed by atoms with E-state index in [-0.39, 0.29) is 11.2 Å². The Bertz CT molecular complexity index is 977. The van der Waals surface area contributed by atoms with Gasteiger partial charge in [-0.2, -0.15) is 0 Å². The molecule has 0 amide bonds. The first kappa shape index (κ1) is 19.5. The molecule has 2 aromatic heterocycles. The van der Waals surface area contributed by atoms with E-state index in [1.54, 1.807) is 24.4 Å². The molecule has 1 aliphatic rings. The molecule has 0 atom stereocenters. The van der Waals surface area contributed by atoms with Gasteiger partial charge < -0.3 is 19.8 Å². The van der Waals surface area contributed by atoms with E-state index in [0.29, 0.717) is 48.6 Å². The molecule has 29 heavy (non-hydrogen) atoms. The van der Waals surface area contributed by atoms with Crippen molar-refractivity contribution in [2.75, 3.05) is 25.1 Å².